The van der Waals surface area contributed by atoms with Crippen LogP contribution in [0.25, 0.3) is 5.57 Å². The Morgan fingerprint density at radius 1 is 1.06 bits per heavy atom. The summed E-state index contributed by atoms with van der Waals surface area (Å²) >= 11 is 0. The zero-order valence-electron chi connectivity index (χ0n) is 11.3. The molecule has 88 valence electrons. The van der Waals surface area contributed by atoms with Crippen LogP contribution in [-0.2, 0) is 0 Å². The first-order valence-electron chi connectivity index (χ1n) is 5.49. The molecule has 0 radical (unpaired) electrons. The first-order valence-corrected chi connectivity index (χ1v) is 8.35. The van der Waals surface area contributed by atoms with Crippen LogP contribution in [-0.4, -0.2) is 24.6 Å². The highest BCUT2D eigenvalue weighted by molar-refractivity contribution is 7.79. The molecular formula is C14H22NP. The summed E-state index contributed by atoms with van der Waals surface area (Å²) in [7, 11) is 0. The second-order valence-corrected chi connectivity index (χ2v) is 8.92. The molecule has 2 heteroatoms. The summed E-state index contributed by atoms with van der Waals surface area (Å²) < 4.78 is 0. The Bertz CT molecular complexity index is 492. The van der Waals surface area contributed by atoms with Gasteiger partial charge in [0.15, 0.2) is 0 Å². The monoisotopic (exact) mass is 235 g/mol. The smallest absolute Gasteiger partial charge is 0.0692 e. The Morgan fingerprint density at radius 3 is 1.94 bits per heavy atom. The van der Waals surface area contributed by atoms with Crippen molar-refractivity contribution in [2.75, 3.05) is 13.3 Å². The van der Waals surface area contributed by atoms with Crippen LogP contribution in [0.4, 0.5) is 0 Å². The summed E-state index contributed by atoms with van der Waals surface area (Å²) in [6.07, 6.45) is 4.29. The molecule has 1 aromatic heterocycles. The van der Waals surface area contributed by atoms with E-state index in [9.17, 15) is 0 Å². The topological polar surface area (TPSA) is 12.9 Å². The van der Waals surface area contributed by atoms with E-state index in [4.69, 9.17) is 4.98 Å². The van der Waals surface area contributed by atoms with Crippen LogP contribution in [0.15, 0.2) is 6.58 Å². The standard InChI is InChI=1S/C14H22NP/c1-9(2)13-11(4)10(3)12(5)14(15-13)16(6,7)8/h1,6H2,2-5,7-8H3. The first kappa shape index (κ1) is 13.3. The van der Waals surface area contributed by atoms with Crippen molar-refractivity contribution >= 4 is 24.2 Å². The molecule has 0 aliphatic carbocycles. The highest BCUT2D eigenvalue weighted by Gasteiger charge is 2.16. The van der Waals surface area contributed by atoms with E-state index in [1.807, 2.05) is 6.92 Å². The molecule has 1 heterocycles. The normalized spacial score (nSPS) is 11.6. The lowest BCUT2D eigenvalue weighted by molar-refractivity contribution is 1.16. The van der Waals surface area contributed by atoms with Crippen molar-refractivity contribution < 1.29 is 0 Å². The van der Waals surface area contributed by atoms with Crippen LogP contribution in [0.2, 0.25) is 0 Å². The zero-order valence-corrected chi connectivity index (χ0v) is 12.2. The van der Waals surface area contributed by atoms with E-state index < -0.39 is 6.89 Å². The fraction of sp³-hybridized carbons (Fsp3) is 0.429. The van der Waals surface area contributed by atoms with Gasteiger partial charge in [0.1, 0.15) is 0 Å². The van der Waals surface area contributed by atoms with Gasteiger partial charge in [0.05, 0.1) is 11.1 Å². The summed E-state index contributed by atoms with van der Waals surface area (Å²) in [4.78, 5) is 4.79. The fourth-order valence-corrected chi connectivity index (χ4v) is 3.35. The van der Waals surface area contributed by atoms with Crippen LogP contribution >= 0.6 is 6.89 Å². The Kier molecular flexibility index (Phi) is 3.50. The predicted octanol–water partition coefficient (Wildman–Crippen LogP) is 3.37. The highest BCUT2D eigenvalue weighted by Crippen LogP contribution is 2.36. The van der Waals surface area contributed by atoms with Gasteiger partial charge in [-0.3, -0.25) is 0 Å². The van der Waals surface area contributed by atoms with Crippen molar-refractivity contribution in [1.82, 2.24) is 4.98 Å². The molecule has 0 saturated carbocycles. The molecule has 0 aromatic carbocycles. The lowest BCUT2D eigenvalue weighted by atomic mass is 10.0. The Morgan fingerprint density at radius 2 is 1.56 bits per heavy atom. The van der Waals surface area contributed by atoms with Crippen molar-refractivity contribution in [3.63, 3.8) is 0 Å². The van der Waals surface area contributed by atoms with Crippen LogP contribution in [0.5, 0.6) is 0 Å². The van der Waals surface area contributed by atoms with E-state index in [0.29, 0.717) is 0 Å². The van der Waals surface area contributed by atoms with Gasteiger partial charge in [-0.2, -0.15) is 0 Å². The van der Waals surface area contributed by atoms with Gasteiger partial charge in [-0.25, -0.2) is 4.98 Å². The predicted molar refractivity (Wildman–Crippen MR) is 78.7 cm³/mol. The van der Waals surface area contributed by atoms with Gasteiger partial charge in [-0.15, -0.1) is 0 Å². The quantitative estimate of drug-likeness (QED) is 0.716. The maximum Gasteiger partial charge on any atom is 0.0692 e. The lowest BCUT2D eigenvalue weighted by Gasteiger charge is -2.20. The summed E-state index contributed by atoms with van der Waals surface area (Å²) in [5.41, 5.74) is 7.16. The van der Waals surface area contributed by atoms with Crippen LogP contribution in [0.3, 0.4) is 0 Å². The fourth-order valence-electron chi connectivity index (χ4n) is 1.91. The van der Waals surface area contributed by atoms with E-state index in [1.165, 1.54) is 22.1 Å². The molecule has 0 N–H and O–H groups in total. The minimum absolute atomic E-state index is 1.04. The third kappa shape index (κ3) is 2.30. The van der Waals surface area contributed by atoms with Gasteiger partial charge >= 0.3 is 0 Å². The van der Waals surface area contributed by atoms with Gasteiger partial charge in [-0.1, -0.05) is 19.8 Å². The van der Waals surface area contributed by atoms with E-state index in [2.05, 4.69) is 47.0 Å². The van der Waals surface area contributed by atoms with E-state index in [1.54, 1.807) is 0 Å². The largest absolute Gasteiger partial charge is 0.248 e. The molecular weight excluding hydrogens is 213 g/mol. The Labute approximate surface area is 99.6 Å². The molecule has 1 aromatic rings. The van der Waals surface area contributed by atoms with Crippen molar-refractivity contribution in [1.29, 1.82) is 0 Å². The number of aromatic nitrogens is 1. The summed E-state index contributed by atoms with van der Waals surface area (Å²) in [6, 6.07) is 0. The number of nitrogens with zero attached hydrogens (tertiary/aromatic N) is 1. The van der Waals surface area contributed by atoms with Gasteiger partial charge in [-0.05, 0) is 63.3 Å². The molecule has 0 aliphatic rings. The molecule has 0 amide bonds. The average Bonchev–Trinajstić information content (AvgIpc) is 2.11. The third-order valence-corrected chi connectivity index (χ3v) is 4.59. The molecule has 16 heavy (non-hydrogen) atoms. The SMILES string of the molecule is C=C(C)c1nc(P(=C)(C)C)c(C)c(C)c1C. The van der Waals surface area contributed by atoms with Gasteiger partial charge in [0.25, 0.3) is 0 Å². The Hall–Kier alpha value is -0.810. The van der Waals surface area contributed by atoms with Gasteiger partial charge in [0, 0.05) is 0 Å². The molecule has 0 fully saturated rings. The number of hydrogen-bond donors (Lipinski definition) is 0. The molecule has 0 unspecified atom stereocenters. The van der Waals surface area contributed by atoms with Crippen molar-refractivity contribution in [3.8, 4) is 0 Å². The van der Waals surface area contributed by atoms with Crippen molar-refractivity contribution in [3.05, 3.63) is 29.0 Å². The molecule has 0 atom stereocenters. The van der Waals surface area contributed by atoms with Crippen molar-refractivity contribution in [2.24, 2.45) is 0 Å². The van der Waals surface area contributed by atoms with Gasteiger partial charge < -0.3 is 0 Å². The molecule has 0 saturated heterocycles. The minimum atomic E-state index is -1.32. The van der Waals surface area contributed by atoms with Crippen LogP contribution in [0.1, 0.15) is 29.3 Å². The van der Waals surface area contributed by atoms with Gasteiger partial charge in [0.2, 0.25) is 0 Å². The molecule has 1 rings (SSSR count). The van der Waals surface area contributed by atoms with Crippen LogP contribution < -0.4 is 5.44 Å². The van der Waals surface area contributed by atoms with E-state index in [0.717, 1.165) is 11.3 Å². The maximum atomic E-state index is 4.79. The zero-order chi connectivity index (χ0) is 12.7. The highest BCUT2D eigenvalue weighted by atomic mass is 31.2. The maximum absolute atomic E-state index is 4.79. The second-order valence-electron chi connectivity index (χ2n) is 5.12. The van der Waals surface area contributed by atoms with E-state index >= 15 is 0 Å². The molecule has 0 bridgehead atoms. The summed E-state index contributed by atoms with van der Waals surface area (Å²) in [5.74, 6) is 0. The van der Waals surface area contributed by atoms with Crippen molar-refractivity contribution in [2.45, 2.75) is 27.7 Å². The molecule has 1 nitrogen and oxygen atoms in total. The summed E-state index contributed by atoms with van der Waals surface area (Å²) in [6.45, 7) is 15.6. The first-order chi connectivity index (χ1) is 7.16. The van der Waals surface area contributed by atoms with Crippen LogP contribution in [0, 0.1) is 20.8 Å². The number of rotatable bonds is 2. The molecule has 0 spiro atoms. The lowest BCUT2D eigenvalue weighted by Crippen LogP contribution is -2.17. The minimum Gasteiger partial charge on any atom is -0.248 e. The number of pyridine rings is 1. The summed E-state index contributed by atoms with van der Waals surface area (Å²) in [5, 5.41) is 0. The second kappa shape index (κ2) is 4.22. The Balaban J connectivity index is 3.67. The molecule has 0 aliphatic heterocycles. The third-order valence-electron chi connectivity index (χ3n) is 3.01. The van der Waals surface area contributed by atoms with E-state index in [-0.39, 0.29) is 0 Å². The average molecular weight is 235 g/mol. The number of allylic oxidation sites excluding steroid dienone is 1. The number of hydrogen-bond acceptors (Lipinski definition) is 1.